The molecule has 0 aromatic carbocycles. The molecule has 0 bridgehead atoms. The molecule has 0 aromatic heterocycles. The monoisotopic (exact) mass is 1020 g/mol. The maximum absolute atomic E-state index is 13.2. The lowest BCUT2D eigenvalue weighted by Gasteiger charge is -2.46. The maximum Gasteiger partial charge on any atom is 0.220 e. The topological polar surface area (TPSA) is 228 Å². The summed E-state index contributed by atoms with van der Waals surface area (Å²) < 4.78 is 22.8. The molecule has 0 saturated carbocycles. The molecule has 14 nitrogen and oxygen atoms in total. The average Bonchev–Trinajstić information content (AvgIpc) is 3.37. The van der Waals surface area contributed by atoms with Gasteiger partial charge in [0.05, 0.1) is 32.0 Å². The van der Waals surface area contributed by atoms with Crippen LogP contribution in [0.2, 0.25) is 0 Å². The summed E-state index contributed by atoms with van der Waals surface area (Å²) in [6.07, 6.45) is 31.2. The SMILES string of the molecule is CCCCCCCCCCCCCCCCCCCCCCCCCCCC(=O)N[C@@H](CO[C@@H]1O[C@H](CO)[C@@H](O[C@@H]2O[C@H](CO)[C@H](O)C(O)C2O)C(O)C1O)[C@H](O)CCCCCCCCCCCCCC. The summed E-state index contributed by atoms with van der Waals surface area (Å²) in [7, 11) is 0. The zero-order chi connectivity index (χ0) is 51.7. The lowest BCUT2D eigenvalue weighted by Crippen LogP contribution is -2.65. The van der Waals surface area contributed by atoms with Gasteiger partial charge in [0.25, 0.3) is 0 Å². The van der Waals surface area contributed by atoms with Crippen molar-refractivity contribution in [2.45, 2.75) is 338 Å². The summed E-state index contributed by atoms with van der Waals surface area (Å²) in [6, 6.07) is -0.821. The molecular weight excluding hydrogens is 907 g/mol. The third-order valence-corrected chi connectivity index (χ3v) is 15.1. The Balaban J connectivity index is 1.69. The van der Waals surface area contributed by atoms with Gasteiger partial charge >= 0.3 is 0 Å². The third kappa shape index (κ3) is 30.4. The molecule has 0 radical (unpaired) electrons. The molecule has 2 aliphatic rings. The van der Waals surface area contributed by atoms with Gasteiger partial charge in [-0.15, -0.1) is 0 Å². The van der Waals surface area contributed by atoms with Crippen molar-refractivity contribution < 1.29 is 64.6 Å². The van der Waals surface area contributed by atoms with E-state index in [0.29, 0.717) is 12.8 Å². The molecule has 2 rings (SSSR count). The van der Waals surface area contributed by atoms with E-state index in [9.17, 15) is 45.6 Å². The van der Waals surface area contributed by atoms with Crippen LogP contribution in [0.15, 0.2) is 0 Å². The summed E-state index contributed by atoms with van der Waals surface area (Å²) in [5, 5.41) is 87.1. The Kier molecular flexibility index (Phi) is 41.1. The number of unbranched alkanes of at least 4 members (excludes halogenated alkanes) is 35. The van der Waals surface area contributed by atoms with Crippen LogP contribution in [0.4, 0.5) is 0 Å². The molecule has 71 heavy (non-hydrogen) atoms. The Morgan fingerprint density at radius 2 is 0.803 bits per heavy atom. The van der Waals surface area contributed by atoms with Gasteiger partial charge < -0.3 is 65.1 Å². The standard InChI is InChI=1S/C57H111NO13/c1-3-5-7-9-11-13-15-17-18-19-20-21-22-23-24-25-26-27-28-29-31-33-35-37-39-41-49(62)58-45(46(61)40-38-36-34-32-30-16-14-12-10-8-6-4-2)44-68-56-54(67)52(65)55(48(43-60)70-56)71-57-53(66)51(64)50(63)47(42-59)69-57/h45-48,50-57,59-61,63-67H,3-44H2,1-2H3,(H,58,62)/t45-,46+,47+,48+,50-,51?,52?,53?,54?,55+,56+,57-/m0/s1. The van der Waals surface area contributed by atoms with E-state index in [0.717, 1.165) is 51.4 Å². The predicted molar refractivity (Wildman–Crippen MR) is 282 cm³/mol. The second-order valence-electron chi connectivity index (χ2n) is 21.5. The summed E-state index contributed by atoms with van der Waals surface area (Å²) >= 11 is 0. The normalized spacial score (nSPS) is 25.7. The zero-order valence-electron chi connectivity index (χ0n) is 45.2. The van der Waals surface area contributed by atoms with Crippen molar-refractivity contribution >= 4 is 5.91 Å². The molecule has 9 N–H and O–H groups in total. The molecule has 0 spiro atoms. The second kappa shape index (κ2) is 44.2. The number of carbonyl (C=O) groups is 1. The van der Waals surface area contributed by atoms with Crippen molar-refractivity contribution in [2.24, 2.45) is 0 Å². The number of rotatable bonds is 48. The van der Waals surface area contributed by atoms with Gasteiger partial charge in [-0.1, -0.05) is 245 Å². The number of aliphatic hydroxyl groups is 8. The first-order chi connectivity index (χ1) is 34.6. The van der Waals surface area contributed by atoms with Crippen LogP contribution in [-0.4, -0.2) is 140 Å². The number of carbonyl (C=O) groups excluding carboxylic acids is 1. The van der Waals surface area contributed by atoms with Crippen molar-refractivity contribution in [3.63, 3.8) is 0 Å². The summed E-state index contributed by atoms with van der Waals surface area (Å²) in [5.41, 5.74) is 0. The van der Waals surface area contributed by atoms with Gasteiger partial charge in [-0.25, -0.2) is 0 Å². The van der Waals surface area contributed by atoms with Crippen molar-refractivity contribution in [1.82, 2.24) is 5.32 Å². The molecule has 0 aliphatic carbocycles. The Morgan fingerprint density at radius 3 is 1.20 bits per heavy atom. The third-order valence-electron chi connectivity index (χ3n) is 15.1. The minimum absolute atomic E-state index is 0.201. The van der Waals surface area contributed by atoms with Crippen molar-refractivity contribution in [3.8, 4) is 0 Å². The quantitative estimate of drug-likeness (QED) is 0.0259. The molecular formula is C57H111NO13. The van der Waals surface area contributed by atoms with Crippen molar-refractivity contribution in [2.75, 3.05) is 19.8 Å². The Labute approximate surface area is 432 Å². The second-order valence-corrected chi connectivity index (χ2v) is 21.5. The van der Waals surface area contributed by atoms with E-state index in [1.165, 1.54) is 186 Å². The van der Waals surface area contributed by atoms with Crippen LogP contribution in [0, 0.1) is 0 Å². The number of nitrogens with one attached hydrogen (secondary N) is 1. The number of ether oxygens (including phenoxy) is 4. The summed E-state index contributed by atoms with van der Waals surface area (Å²) in [5.74, 6) is -0.201. The zero-order valence-corrected chi connectivity index (χ0v) is 45.2. The number of aliphatic hydroxyl groups excluding tert-OH is 8. The van der Waals surface area contributed by atoms with Gasteiger partial charge in [0.2, 0.25) is 5.91 Å². The molecule has 2 fully saturated rings. The number of hydrogen-bond donors (Lipinski definition) is 9. The Morgan fingerprint density at radius 1 is 0.451 bits per heavy atom. The van der Waals surface area contributed by atoms with Crippen LogP contribution in [0.5, 0.6) is 0 Å². The lowest BCUT2D eigenvalue weighted by atomic mass is 9.97. The molecule has 1 amide bonds. The number of amides is 1. The summed E-state index contributed by atoms with van der Waals surface area (Å²) in [4.78, 5) is 13.2. The molecule has 2 heterocycles. The lowest BCUT2D eigenvalue weighted by molar-refractivity contribution is -0.359. The highest BCUT2D eigenvalue weighted by molar-refractivity contribution is 5.76. The van der Waals surface area contributed by atoms with E-state index in [2.05, 4.69) is 19.2 Å². The highest BCUT2D eigenvalue weighted by Crippen LogP contribution is 2.30. The van der Waals surface area contributed by atoms with Crippen molar-refractivity contribution in [1.29, 1.82) is 0 Å². The van der Waals surface area contributed by atoms with Crippen LogP contribution in [0.1, 0.15) is 264 Å². The summed E-state index contributed by atoms with van der Waals surface area (Å²) in [6.45, 7) is 2.88. The number of hydrogen-bond acceptors (Lipinski definition) is 13. The largest absolute Gasteiger partial charge is 0.394 e. The van der Waals surface area contributed by atoms with E-state index in [4.69, 9.17) is 18.9 Å². The first-order valence-electron chi connectivity index (χ1n) is 29.8. The highest BCUT2D eigenvalue weighted by atomic mass is 16.7. The van der Waals surface area contributed by atoms with E-state index in [1.807, 2.05) is 0 Å². The molecule has 12 atom stereocenters. The van der Waals surface area contributed by atoms with Gasteiger partial charge in [0.1, 0.15) is 48.8 Å². The van der Waals surface area contributed by atoms with Gasteiger partial charge in [-0.2, -0.15) is 0 Å². The van der Waals surface area contributed by atoms with Gasteiger partial charge in [-0.05, 0) is 12.8 Å². The van der Waals surface area contributed by atoms with E-state index < -0.39 is 86.8 Å². The fourth-order valence-corrected chi connectivity index (χ4v) is 10.2. The Hall–Kier alpha value is -1.01. The van der Waals surface area contributed by atoms with Crippen LogP contribution < -0.4 is 5.32 Å². The predicted octanol–water partition coefficient (Wildman–Crippen LogP) is 9.73. The average molecular weight is 1020 g/mol. The van der Waals surface area contributed by atoms with Crippen LogP contribution in [0.3, 0.4) is 0 Å². The Bertz CT molecular complexity index is 1200. The van der Waals surface area contributed by atoms with Crippen LogP contribution in [-0.2, 0) is 23.7 Å². The first-order valence-corrected chi connectivity index (χ1v) is 29.8. The van der Waals surface area contributed by atoms with Crippen LogP contribution in [0.25, 0.3) is 0 Å². The minimum atomic E-state index is -1.78. The van der Waals surface area contributed by atoms with Gasteiger partial charge in [0, 0.05) is 6.42 Å². The molecule has 4 unspecified atom stereocenters. The molecule has 422 valence electrons. The minimum Gasteiger partial charge on any atom is -0.394 e. The van der Waals surface area contributed by atoms with Crippen LogP contribution >= 0.6 is 0 Å². The fourth-order valence-electron chi connectivity index (χ4n) is 10.2. The van der Waals surface area contributed by atoms with E-state index in [-0.39, 0.29) is 12.5 Å². The smallest absolute Gasteiger partial charge is 0.220 e. The van der Waals surface area contributed by atoms with Gasteiger partial charge in [0.15, 0.2) is 12.6 Å². The highest BCUT2D eigenvalue weighted by Gasteiger charge is 2.51. The van der Waals surface area contributed by atoms with Crippen molar-refractivity contribution in [3.05, 3.63) is 0 Å². The van der Waals surface area contributed by atoms with Gasteiger partial charge in [-0.3, -0.25) is 4.79 Å². The molecule has 2 aliphatic heterocycles. The molecule has 14 heteroatoms. The van der Waals surface area contributed by atoms with E-state index >= 15 is 0 Å². The molecule has 2 saturated heterocycles. The molecule has 0 aromatic rings. The maximum atomic E-state index is 13.2. The van der Waals surface area contributed by atoms with E-state index in [1.54, 1.807) is 0 Å². The fraction of sp³-hybridized carbons (Fsp3) is 0.982. The first kappa shape index (κ1) is 66.1.